The van der Waals surface area contributed by atoms with Gasteiger partial charge in [-0.2, -0.15) is 4.98 Å². The molecular weight excluding hydrogens is 284 g/mol. The minimum absolute atomic E-state index is 0.0102. The van der Waals surface area contributed by atoms with Gasteiger partial charge in [0.1, 0.15) is 0 Å². The molecule has 106 valence electrons. The summed E-state index contributed by atoms with van der Waals surface area (Å²) in [7, 11) is -2.30. The Labute approximate surface area is 114 Å². The number of nitrogens with one attached hydrogen (secondary N) is 1. The number of nitrogens with two attached hydrogens (primary N) is 2. The Hall–Kier alpha value is -2.46. The maximum Gasteiger partial charge on any atom is 0.309 e. The Bertz CT molecular complexity index is 770. The number of aromatic nitrogens is 3. The fraction of sp³-hybridized carbons (Fsp3) is 0.100. The summed E-state index contributed by atoms with van der Waals surface area (Å²) in [6.07, 6.45) is 0. The van der Waals surface area contributed by atoms with Gasteiger partial charge in [-0.3, -0.25) is 4.79 Å². The number of anilines is 3. The van der Waals surface area contributed by atoms with Crippen molar-refractivity contribution in [1.82, 2.24) is 14.8 Å². The molecule has 0 unspecified atom stereocenters. The molecule has 0 aliphatic rings. The normalized spacial score (nSPS) is 11.3. The van der Waals surface area contributed by atoms with Crippen molar-refractivity contribution >= 4 is 27.5 Å². The number of aryl methyl sites for hydroxylation is 1. The maximum absolute atomic E-state index is 11.3. The monoisotopic (exact) mass is 296 g/mol. The molecule has 1 heterocycles. The van der Waals surface area contributed by atoms with Crippen molar-refractivity contribution in [2.75, 3.05) is 11.1 Å². The summed E-state index contributed by atoms with van der Waals surface area (Å²) in [5, 5.41) is 11.6. The smallest absolute Gasteiger partial charge is 0.309 e. The van der Waals surface area contributed by atoms with Gasteiger partial charge in [0, 0.05) is 12.7 Å². The number of nitrogen functional groups attached to an aromatic ring is 1. The second-order valence-electron chi connectivity index (χ2n) is 3.94. The van der Waals surface area contributed by atoms with Gasteiger partial charge in [0.05, 0.1) is 4.90 Å². The molecule has 1 aromatic heterocycles. The van der Waals surface area contributed by atoms with Crippen LogP contribution in [0, 0.1) is 0 Å². The zero-order valence-corrected chi connectivity index (χ0v) is 11.3. The molecule has 5 N–H and O–H groups in total. The minimum Gasteiger partial charge on any atom is -0.379 e. The molecule has 9 nitrogen and oxygen atoms in total. The van der Waals surface area contributed by atoms with Gasteiger partial charge in [-0.25, -0.2) is 18.2 Å². The highest BCUT2D eigenvalue weighted by Gasteiger charge is 2.08. The average molecular weight is 296 g/mol. The second kappa shape index (κ2) is 4.90. The second-order valence-corrected chi connectivity index (χ2v) is 5.51. The number of rotatable bonds is 3. The third-order valence-corrected chi connectivity index (χ3v) is 3.35. The van der Waals surface area contributed by atoms with Crippen molar-refractivity contribution in [2.45, 2.75) is 4.90 Å². The van der Waals surface area contributed by atoms with E-state index in [4.69, 9.17) is 10.9 Å². The standard InChI is InChI=1S/C10H12N6O3S/c1-16-9(17)8(11)14-10(15-16)13-6-2-4-7(5-3-6)20(12,18)19/h2-5H,1H3,(H2,12,18,19)(H3,11,13,14,15). The first-order chi connectivity index (χ1) is 9.27. The summed E-state index contributed by atoms with van der Waals surface area (Å²) in [5.41, 5.74) is 5.46. The van der Waals surface area contributed by atoms with E-state index < -0.39 is 15.6 Å². The maximum atomic E-state index is 11.3. The Morgan fingerprint density at radius 2 is 1.85 bits per heavy atom. The first-order valence-corrected chi connectivity index (χ1v) is 6.93. The highest BCUT2D eigenvalue weighted by Crippen LogP contribution is 2.15. The van der Waals surface area contributed by atoms with E-state index in [1.54, 1.807) is 0 Å². The third-order valence-electron chi connectivity index (χ3n) is 2.42. The van der Waals surface area contributed by atoms with E-state index in [1.165, 1.54) is 31.3 Å². The van der Waals surface area contributed by atoms with Crippen LogP contribution >= 0.6 is 0 Å². The molecule has 10 heteroatoms. The molecule has 0 saturated carbocycles. The number of benzene rings is 1. The zero-order chi connectivity index (χ0) is 14.9. The summed E-state index contributed by atoms with van der Waals surface area (Å²) in [5.74, 6) is -0.0703. The number of hydrogen-bond acceptors (Lipinski definition) is 7. The molecule has 2 aromatic rings. The summed E-state index contributed by atoms with van der Waals surface area (Å²) in [4.78, 5) is 15.1. The van der Waals surface area contributed by atoms with Gasteiger partial charge in [0.15, 0.2) is 5.82 Å². The molecule has 20 heavy (non-hydrogen) atoms. The van der Waals surface area contributed by atoms with E-state index in [2.05, 4.69) is 15.4 Å². The Morgan fingerprint density at radius 3 is 2.35 bits per heavy atom. The van der Waals surface area contributed by atoms with Crippen molar-refractivity contribution in [1.29, 1.82) is 0 Å². The third kappa shape index (κ3) is 2.92. The van der Waals surface area contributed by atoms with Crippen molar-refractivity contribution in [3.05, 3.63) is 34.6 Å². The Morgan fingerprint density at radius 1 is 1.25 bits per heavy atom. The van der Waals surface area contributed by atoms with Gasteiger partial charge >= 0.3 is 5.56 Å². The number of sulfonamides is 1. The van der Waals surface area contributed by atoms with Crippen molar-refractivity contribution < 1.29 is 8.42 Å². The van der Waals surface area contributed by atoms with E-state index in [0.29, 0.717) is 5.69 Å². The zero-order valence-electron chi connectivity index (χ0n) is 10.4. The van der Waals surface area contributed by atoms with Crippen LogP contribution < -0.4 is 21.7 Å². The van der Waals surface area contributed by atoms with Crippen LogP contribution in [0.15, 0.2) is 34.0 Å². The quantitative estimate of drug-likeness (QED) is 0.668. The van der Waals surface area contributed by atoms with Crippen LogP contribution in [-0.4, -0.2) is 23.2 Å². The Balaban J connectivity index is 2.29. The molecule has 1 aromatic carbocycles. The van der Waals surface area contributed by atoms with Gasteiger partial charge in [0.25, 0.3) is 0 Å². The van der Waals surface area contributed by atoms with Crippen LogP contribution in [0.25, 0.3) is 0 Å². The molecule has 0 bridgehead atoms. The molecule has 0 aliphatic heterocycles. The SMILES string of the molecule is Cn1nc(Nc2ccc(S(N)(=O)=O)cc2)nc(N)c1=O. The van der Waals surface area contributed by atoms with E-state index in [9.17, 15) is 13.2 Å². The molecule has 0 spiro atoms. The predicted octanol–water partition coefficient (Wildman–Crippen LogP) is -0.851. The van der Waals surface area contributed by atoms with Gasteiger partial charge in [-0.15, -0.1) is 5.10 Å². The first kappa shape index (κ1) is 14.0. The molecule has 0 atom stereocenters. The van der Waals surface area contributed by atoms with Crippen LogP contribution in [0.2, 0.25) is 0 Å². The topological polar surface area (TPSA) is 146 Å². The largest absolute Gasteiger partial charge is 0.379 e. The predicted molar refractivity (Wildman–Crippen MR) is 72.8 cm³/mol. The lowest BCUT2D eigenvalue weighted by atomic mass is 10.3. The summed E-state index contributed by atoms with van der Waals surface area (Å²) in [6.45, 7) is 0. The summed E-state index contributed by atoms with van der Waals surface area (Å²) < 4.78 is 23.3. The van der Waals surface area contributed by atoms with Crippen molar-refractivity contribution in [3.63, 3.8) is 0 Å². The van der Waals surface area contributed by atoms with Gasteiger partial charge in [-0.05, 0) is 24.3 Å². The van der Waals surface area contributed by atoms with Gasteiger partial charge < -0.3 is 11.1 Å². The lowest BCUT2D eigenvalue weighted by Crippen LogP contribution is -2.25. The average Bonchev–Trinajstić information content (AvgIpc) is 2.35. The minimum atomic E-state index is -3.74. The number of nitrogens with zero attached hydrogens (tertiary/aromatic N) is 3. The van der Waals surface area contributed by atoms with Crippen LogP contribution in [0.3, 0.4) is 0 Å². The van der Waals surface area contributed by atoms with E-state index in [-0.39, 0.29) is 16.7 Å². The fourth-order valence-corrected chi connectivity index (χ4v) is 1.96. The lowest BCUT2D eigenvalue weighted by molar-refractivity contribution is 0.598. The van der Waals surface area contributed by atoms with Crippen molar-refractivity contribution in [3.8, 4) is 0 Å². The Kier molecular flexibility index (Phi) is 3.42. The number of hydrogen-bond donors (Lipinski definition) is 3. The molecule has 0 amide bonds. The van der Waals surface area contributed by atoms with Crippen molar-refractivity contribution in [2.24, 2.45) is 12.2 Å². The fourth-order valence-electron chi connectivity index (χ4n) is 1.45. The lowest BCUT2D eigenvalue weighted by Gasteiger charge is -2.07. The molecule has 0 saturated heterocycles. The van der Waals surface area contributed by atoms with Gasteiger partial charge in [0.2, 0.25) is 16.0 Å². The van der Waals surface area contributed by atoms with Gasteiger partial charge in [-0.1, -0.05) is 0 Å². The van der Waals surface area contributed by atoms with E-state index >= 15 is 0 Å². The molecule has 0 fully saturated rings. The summed E-state index contributed by atoms with van der Waals surface area (Å²) >= 11 is 0. The van der Waals surface area contributed by atoms with Crippen LogP contribution in [0.1, 0.15) is 0 Å². The van der Waals surface area contributed by atoms with E-state index in [1.807, 2.05) is 0 Å². The first-order valence-electron chi connectivity index (χ1n) is 5.38. The van der Waals surface area contributed by atoms with E-state index in [0.717, 1.165) is 4.68 Å². The number of primary sulfonamides is 1. The van der Waals surface area contributed by atoms with Crippen LogP contribution in [0.4, 0.5) is 17.5 Å². The summed E-state index contributed by atoms with van der Waals surface area (Å²) in [6, 6.07) is 5.65. The highest BCUT2D eigenvalue weighted by atomic mass is 32.2. The molecular formula is C10H12N6O3S. The molecule has 0 aliphatic carbocycles. The van der Waals surface area contributed by atoms with Crippen LogP contribution in [0.5, 0.6) is 0 Å². The molecule has 2 rings (SSSR count). The van der Waals surface area contributed by atoms with Crippen LogP contribution in [-0.2, 0) is 17.1 Å². The highest BCUT2D eigenvalue weighted by molar-refractivity contribution is 7.89. The molecule has 0 radical (unpaired) electrons.